The van der Waals surface area contributed by atoms with E-state index in [1.54, 1.807) is 13.8 Å². The van der Waals surface area contributed by atoms with Gasteiger partial charge in [-0.25, -0.2) is 0 Å². The van der Waals surface area contributed by atoms with Gasteiger partial charge in [0.2, 0.25) is 11.5 Å². The highest BCUT2D eigenvalue weighted by Crippen LogP contribution is 2.52. The van der Waals surface area contributed by atoms with Crippen LogP contribution in [-0.4, -0.2) is 42.2 Å². The largest absolute Gasteiger partial charge is 0.504 e. The summed E-state index contributed by atoms with van der Waals surface area (Å²) in [6.45, 7) is 8.20. The number of carbonyl (C=O) groups excluding carboxylic acids is 2. The number of ketones is 2. The highest BCUT2D eigenvalue weighted by atomic mass is 16.3. The van der Waals surface area contributed by atoms with E-state index in [4.69, 9.17) is 0 Å². The van der Waals surface area contributed by atoms with Gasteiger partial charge in [-0.05, 0) is 19.1 Å². The molecule has 8 nitrogen and oxygen atoms in total. The smallest absolute Gasteiger partial charge is 0.200 e. The summed E-state index contributed by atoms with van der Waals surface area (Å²) >= 11 is 0. The van der Waals surface area contributed by atoms with E-state index >= 15 is 0 Å². The van der Waals surface area contributed by atoms with Crippen LogP contribution in [0.15, 0.2) is 12.1 Å². The van der Waals surface area contributed by atoms with Gasteiger partial charge in [-0.1, -0.05) is 27.7 Å². The Bertz CT molecular complexity index is 929. The minimum atomic E-state index is -0.972. The summed E-state index contributed by atoms with van der Waals surface area (Å²) in [7, 11) is 0. The first-order chi connectivity index (χ1) is 13.0. The number of rotatable bonds is 4. The van der Waals surface area contributed by atoms with Crippen molar-refractivity contribution in [2.75, 3.05) is 0 Å². The molecule has 0 aliphatic heterocycles. The fraction of sp³-hybridized carbons (Fsp3) is 0.300. The number of carbonyl (C=O) groups is 2. The van der Waals surface area contributed by atoms with Gasteiger partial charge in [0.05, 0.1) is 0 Å². The Morgan fingerprint density at radius 2 is 1.07 bits per heavy atom. The second-order valence-electron chi connectivity index (χ2n) is 6.11. The lowest BCUT2D eigenvalue weighted by atomic mass is 9.87. The third kappa shape index (κ3) is 3.80. The van der Waals surface area contributed by atoms with E-state index in [2.05, 4.69) is 0 Å². The van der Waals surface area contributed by atoms with Crippen molar-refractivity contribution in [2.24, 2.45) is 5.92 Å². The van der Waals surface area contributed by atoms with Crippen molar-refractivity contribution in [3.8, 4) is 45.6 Å². The topological polar surface area (TPSA) is 156 Å². The molecule has 8 heteroatoms. The molecule has 152 valence electrons. The maximum absolute atomic E-state index is 12.5. The van der Waals surface area contributed by atoms with Crippen molar-refractivity contribution in [1.29, 1.82) is 0 Å². The Kier molecular flexibility index (Phi) is 6.88. The van der Waals surface area contributed by atoms with Gasteiger partial charge in [-0.3, -0.25) is 9.59 Å². The van der Waals surface area contributed by atoms with Gasteiger partial charge in [0.15, 0.2) is 34.6 Å². The van der Waals surface area contributed by atoms with Crippen LogP contribution in [0.3, 0.4) is 0 Å². The fourth-order valence-electron chi connectivity index (χ4n) is 2.58. The summed E-state index contributed by atoms with van der Waals surface area (Å²) in [6, 6.07) is 1.75. The Balaban J connectivity index is 0.00000190. The van der Waals surface area contributed by atoms with Crippen molar-refractivity contribution in [3.63, 3.8) is 0 Å². The van der Waals surface area contributed by atoms with Crippen molar-refractivity contribution in [3.05, 3.63) is 23.3 Å². The zero-order valence-corrected chi connectivity index (χ0v) is 16.2. The molecular formula is C20H24O8. The summed E-state index contributed by atoms with van der Waals surface area (Å²) < 4.78 is 0. The van der Waals surface area contributed by atoms with Crippen molar-refractivity contribution in [2.45, 2.75) is 34.6 Å². The van der Waals surface area contributed by atoms with Gasteiger partial charge in [0.1, 0.15) is 0 Å². The number of aromatic hydroxyl groups is 6. The molecule has 0 saturated heterocycles. The molecule has 0 fully saturated rings. The lowest BCUT2D eigenvalue weighted by Gasteiger charge is -2.18. The second-order valence-corrected chi connectivity index (χ2v) is 6.11. The van der Waals surface area contributed by atoms with Crippen LogP contribution in [0.1, 0.15) is 55.3 Å². The number of phenols is 6. The number of phenolic OH excluding ortho intramolecular Hbond substituents is 6. The predicted octanol–water partition coefficient (Wildman–Crippen LogP) is 3.65. The molecule has 2 aromatic carbocycles. The average Bonchev–Trinajstić information content (AvgIpc) is 2.65. The molecule has 28 heavy (non-hydrogen) atoms. The normalized spacial score (nSPS) is 10.4. The van der Waals surface area contributed by atoms with E-state index in [9.17, 15) is 40.2 Å². The Morgan fingerprint density at radius 3 is 1.43 bits per heavy atom. The molecule has 2 rings (SSSR count). The van der Waals surface area contributed by atoms with Gasteiger partial charge < -0.3 is 30.6 Å². The van der Waals surface area contributed by atoms with Gasteiger partial charge in [-0.15, -0.1) is 0 Å². The SMILES string of the molecule is CC.CC(=O)c1cc(O)c(O)c(O)c1-c1c(C(=O)C(C)C)cc(O)c(O)c1O. The number of hydrogen-bond acceptors (Lipinski definition) is 8. The van der Waals surface area contributed by atoms with Crippen molar-refractivity contribution >= 4 is 11.6 Å². The molecule has 0 atom stereocenters. The van der Waals surface area contributed by atoms with Crippen molar-refractivity contribution in [1.82, 2.24) is 0 Å². The summed E-state index contributed by atoms with van der Waals surface area (Å²) in [5.74, 6) is -7.23. The van der Waals surface area contributed by atoms with Gasteiger partial charge in [-0.2, -0.15) is 0 Å². The molecule has 0 aromatic heterocycles. The quantitative estimate of drug-likeness (QED) is 0.340. The predicted molar refractivity (Wildman–Crippen MR) is 102 cm³/mol. The van der Waals surface area contributed by atoms with Crippen LogP contribution in [0.4, 0.5) is 0 Å². The van der Waals surface area contributed by atoms with Crippen molar-refractivity contribution < 1.29 is 40.2 Å². The molecule has 0 amide bonds. The number of hydrogen-bond donors (Lipinski definition) is 6. The molecule has 0 heterocycles. The van der Waals surface area contributed by atoms with Crippen LogP contribution in [0.2, 0.25) is 0 Å². The van der Waals surface area contributed by atoms with E-state index < -0.39 is 63.1 Å². The summed E-state index contributed by atoms with van der Waals surface area (Å²) in [4.78, 5) is 24.5. The van der Waals surface area contributed by atoms with E-state index in [1.807, 2.05) is 13.8 Å². The van der Waals surface area contributed by atoms with Crippen LogP contribution < -0.4 is 0 Å². The molecule has 0 radical (unpaired) electrons. The molecule has 6 N–H and O–H groups in total. The van der Waals surface area contributed by atoms with Gasteiger partial charge >= 0.3 is 0 Å². The molecule has 0 saturated carbocycles. The summed E-state index contributed by atoms with van der Waals surface area (Å²) in [5, 5.41) is 59.6. The van der Waals surface area contributed by atoms with Crippen LogP contribution in [0.5, 0.6) is 34.5 Å². The summed E-state index contributed by atoms with van der Waals surface area (Å²) in [6.07, 6.45) is 0. The van der Waals surface area contributed by atoms with Crippen LogP contribution in [-0.2, 0) is 0 Å². The first-order valence-electron chi connectivity index (χ1n) is 8.60. The number of Topliss-reactive ketones (excluding diaryl/α,β-unsaturated/α-hetero) is 2. The van der Waals surface area contributed by atoms with Crippen LogP contribution >= 0.6 is 0 Å². The lowest BCUT2D eigenvalue weighted by Crippen LogP contribution is -2.10. The Hall–Kier alpha value is -3.42. The van der Waals surface area contributed by atoms with Gasteiger partial charge in [0, 0.05) is 28.2 Å². The van der Waals surface area contributed by atoms with E-state index in [0.717, 1.165) is 19.1 Å². The third-order valence-corrected chi connectivity index (χ3v) is 3.93. The van der Waals surface area contributed by atoms with Crippen LogP contribution in [0.25, 0.3) is 11.1 Å². The summed E-state index contributed by atoms with van der Waals surface area (Å²) in [5.41, 5.74) is -1.49. The zero-order chi connectivity index (χ0) is 21.9. The molecule has 0 spiro atoms. The van der Waals surface area contributed by atoms with E-state index in [0.29, 0.717) is 0 Å². The zero-order valence-electron chi connectivity index (χ0n) is 16.2. The van der Waals surface area contributed by atoms with E-state index in [-0.39, 0.29) is 11.1 Å². The Morgan fingerprint density at radius 1 is 0.714 bits per heavy atom. The van der Waals surface area contributed by atoms with Crippen LogP contribution in [0, 0.1) is 5.92 Å². The van der Waals surface area contributed by atoms with E-state index in [1.165, 1.54) is 0 Å². The maximum atomic E-state index is 12.5. The van der Waals surface area contributed by atoms with Gasteiger partial charge in [0.25, 0.3) is 0 Å². The number of benzene rings is 2. The maximum Gasteiger partial charge on any atom is 0.200 e. The second kappa shape index (κ2) is 8.51. The molecule has 0 aliphatic rings. The minimum Gasteiger partial charge on any atom is -0.504 e. The fourth-order valence-corrected chi connectivity index (χ4v) is 2.58. The minimum absolute atomic E-state index is 0.282. The first kappa shape index (κ1) is 22.6. The lowest BCUT2D eigenvalue weighted by molar-refractivity contribution is 0.0938. The Labute approximate surface area is 162 Å². The molecule has 0 aliphatic carbocycles. The standard InChI is InChI=1S/C18H18O8.C2H6/c1-6(2)14(22)9-5-11(21)16(24)18(26)13(9)12-8(7(3)19)4-10(20)15(23)17(12)25;1-2/h4-6,20-21,23-26H,1-3H3;1-2H3. The monoisotopic (exact) mass is 392 g/mol. The molecule has 2 aromatic rings. The molecule has 0 bridgehead atoms. The highest BCUT2D eigenvalue weighted by molar-refractivity contribution is 6.11. The third-order valence-electron chi connectivity index (χ3n) is 3.93. The molecule has 0 unspecified atom stereocenters. The molecular weight excluding hydrogens is 368 g/mol. The first-order valence-corrected chi connectivity index (χ1v) is 8.60. The average molecular weight is 392 g/mol. The highest BCUT2D eigenvalue weighted by Gasteiger charge is 2.30.